The van der Waals surface area contributed by atoms with Crippen LogP contribution in [0.5, 0.6) is 11.5 Å². The molecule has 0 aliphatic carbocycles. The van der Waals surface area contributed by atoms with Crippen LogP contribution < -0.4 is 14.2 Å². The molecule has 3 N–H and O–H groups in total. The van der Waals surface area contributed by atoms with Gasteiger partial charge in [-0.05, 0) is 18.6 Å². The van der Waals surface area contributed by atoms with E-state index in [1.165, 1.54) is 18.2 Å². The van der Waals surface area contributed by atoms with Crippen molar-refractivity contribution < 1.29 is 32.9 Å². The standard InChI is InChI=1S/C12H15NO7S/c14-9(12(15)16)3-4-13-21(17,18)8-1-2-10-11(7-8)20-6-5-19-10/h1-2,7,9,13-14H,3-6H2,(H,15,16)/t9-/m0/s1. The minimum Gasteiger partial charge on any atom is -0.486 e. The second-order valence-corrected chi connectivity index (χ2v) is 6.11. The Hall–Kier alpha value is -1.84. The number of carboxylic acids is 1. The van der Waals surface area contributed by atoms with Gasteiger partial charge < -0.3 is 19.7 Å². The molecule has 0 fully saturated rings. The summed E-state index contributed by atoms with van der Waals surface area (Å²) >= 11 is 0. The molecular formula is C12H15NO7S. The fraction of sp³-hybridized carbons (Fsp3) is 0.417. The maximum absolute atomic E-state index is 12.0. The van der Waals surface area contributed by atoms with E-state index in [0.717, 1.165) is 0 Å². The van der Waals surface area contributed by atoms with E-state index in [0.29, 0.717) is 24.7 Å². The molecule has 1 aliphatic rings. The Morgan fingerprint density at radius 3 is 2.62 bits per heavy atom. The average molecular weight is 317 g/mol. The van der Waals surface area contributed by atoms with Crippen molar-refractivity contribution in [3.63, 3.8) is 0 Å². The van der Waals surface area contributed by atoms with E-state index in [9.17, 15) is 13.2 Å². The minimum atomic E-state index is -3.80. The number of hydrogen-bond acceptors (Lipinski definition) is 6. The van der Waals surface area contributed by atoms with Crippen LogP contribution in [0.2, 0.25) is 0 Å². The Morgan fingerprint density at radius 2 is 1.95 bits per heavy atom. The normalized spacial score (nSPS) is 15.5. The molecule has 0 radical (unpaired) electrons. The molecule has 0 spiro atoms. The first-order valence-electron chi connectivity index (χ1n) is 6.20. The van der Waals surface area contributed by atoms with E-state index in [4.69, 9.17) is 19.7 Å². The van der Waals surface area contributed by atoms with Gasteiger partial charge in [-0.15, -0.1) is 0 Å². The van der Waals surface area contributed by atoms with Crippen molar-refractivity contribution in [3.8, 4) is 11.5 Å². The van der Waals surface area contributed by atoms with Crippen molar-refractivity contribution in [1.29, 1.82) is 0 Å². The summed E-state index contributed by atoms with van der Waals surface area (Å²) in [5.41, 5.74) is 0. The highest BCUT2D eigenvalue weighted by molar-refractivity contribution is 7.89. The molecule has 1 aromatic rings. The van der Waals surface area contributed by atoms with Gasteiger partial charge in [0, 0.05) is 12.6 Å². The quantitative estimate of drug-likeness (QED) is 0.651. The van der Waals surface area contributed by atoms with Gasteiger partial charge in [0.1, 0.15) is 13.2 Å². The van der Waals surface area contributed by atoms with E-state index in [-0.39, 0.29) is 17.9 Å². The lowest BCUT2D eigenvalue weighted by molar-refractivity contribution is -0.146. The zero-order valence-electron chi connectivity index (χ0n) is 11.0. The summed E-state index contributed by atoms with van der Waals surface area (Å²) in [6, 6.07) is 4.20. The van der Waals surface area contributed by atoms with Crippen molar-refractivity contribution in [2.24, 2.45) is 0 Å². The Bertz CT molecular complexity index is 628. The highest BCUT2D eigenvalue weighted by Crippen LogP contribution is 2.32. The third-order valence-electron chi connectivity index (χ3n) is 2.82. The van der Waals surface area contributed by atoms with E-state index in [1.54, 1.807) is 0 Å². The topological polar surface area (TPSA) is 122 Å². The number of hydrogen-bond donors (Lipinski definition) is 3. The number of aliphatic hydroxyl groups excluding tert-OH is 1. The fourth-order valence-corrected chi connectivity index (χ4v) is 2.79. The summed E-state index contributed by atoms with van der Waals surface area (Å²) in [6.07, 6.45) is -1.83. The summed E-state index contributed by atoms with van der Waals surface area (Å²) in [4.78, 5) is 10.4. The second-order valence-electron chi connectivity index (χ2n) is 4.35. The largest absolute Gasteiger partial charge is 0.486 e. The molecule has 1 heterocycles. The molecule has 1 atom stereocenters. The molecule has 1 aromatic carbocycles. The first-order valence-corrected chi connectivity index (χ1v) is 7.68. The van der Waals surface area contributed by atoms with Crippen LogP contribution in [-0.4, -0.2) is 50.5 Å². The highest BCUT2D eigenvalue weighted by atomic mass is 32.2. The van der Waals surface area contributed by atoms with Crippen LogP contribution >= 0.6 is 0 Å². The third-order valence-corrected chi connectivity index (χ3v) is 4.28. The van der Waals surface area contributed by atoms with Gasteiger partial charge in [-0.2, -0.15) is 0 Å². The zero-order valence-corrected chi connectivity index (χ0v) is 11.8. The van der Waals surface area contributed by atoms with Crippen LogP contribution in [0, 0.1) is 0 Å². The Kier molecular flexibility index (Phi) is 4.66. The number of aliphatic carboxylic acids is 1. The van der Waals surface area contributed by atoms with Gasteiger partial charge >= 0.3 is 5.97 Å². The molecule has 0 saturated heterocycles. The van der Waals surface area contributed by atoms with Gasteiger partial charge in [-0.3, -0.25) is 0 Å². The maximum atomic E-state index is 12.0. The monoisotopic (exact) mass is 317 g/mol. The van der Waals surface area contributed by atoms with Gasteiger partial charge in [0.25, 0.3) is 0 Å². The average Bonchev–Trinajstić information content (AvgIpc) is 2.46. The predicted octanol–water partition coefficient (Wildman–Crippen LogP) is -0.428. The van der Waals surface area contributed by atoms with Crippen molar-refractivity contribution in [2.75, 3.05) is 19.8 Å². The molecule has 0 saturated carbocycles. The maximum Gasteiger partial charge on any atom is 0.332 e. The smallest absolute Gasteiger partial charge is 0.332 e. The highest BCUT2D eigenvalue weighted by Gasteiger charge is 2.20. The van der Waals surface area contributed by atoms with Crippen LogP contribution in [-0.2, 0) is 14.8 Å². The van der Waals surface area contributed by atoms with E-state index in [1.807, 2.05) is 0 Å². The summed E-state index contributed by atoms with van der Waals surface area (Å²) in [7, 11) is -3.80. The molecule has 1 aliphatic heterocycles. The first kappa shape index (κ1) is 15.5. The number of fused-ring (bicyclic) bond motifs is 1. The van der Waals surface area contributed by atoms with Crippen LogP contribution in [0.4, 0.5) is 0 Å². The van der Waals surface area contributed by atoms with Crippen molar-refractivity contribution in [2.45, 2.75) is 17.4 Å². The lowest BCUT2D eigenvalue weighted by atomic mass is 10.3. The molecule has 0 amide bonds. The van der Waals surface area contributed by atoms with Crippen LogP contribution in [0.25, 0.3) is 0 Å². The number of rotatable bonds is 6. The van der Waals surface area contributed by atoms with Gasteiger partial charge in [0.15, 0.2) is 17.6 Å². The van der Waals surface area contributed by atoms with Crippen LogP contribution in [0.1, 0.15) is 6.42 Å². The molecular weight excluding hydrogens is 302 g/mol. The number of carbonyl (C=O) groups is 1. The summed E-state index contributed by atoms with van der Waals surface area (Å²) in [6.45, 7) is 0.559. The number of aliphatic hydroxyl groups is 1. The van der Waals surface area contributed by atoms with Crippen molar-refractivity contribution in [3.05, 3.63) is 18.2 Å². The SMILES string of the molecule is O=C(O)[C@@H](O)CCNS(=O)(=O)c1ccc2c(c1)OCCO2. The van der Waals surface area contributed by atoms with Gasteiger partial charge in [-0.25, -0.2) is 17.9 Å². The molecule has 21 heavy (non-hydrogen) atoms. The molecule has 0 unspecified atom stereocenters. The van der Waals surface area contributed by atoms with Crippen LogP contribution in [0.3, 0.4) is 0 Å². The third kappa shape index (κ3) is 3.84. The van der Waals surface area contributed by atoms with E-state index < -0.39 is 22.1 Å². The van der Waals surface area contributed by atoms with Gasteiger partial charge in [0.2, 0.25) is 10.0 Å². The summed E-state index contributed by atoms with van der Waals surface area (Å²) in [5, 5.41) is 17.6. The Morgan fingerprint density at radius 1 is 1.29 bits per heavy atom. The molecule has 116 valence electrons. The molecule has 0 aromatic heterocycles. The van der Waals surface area contributed by atoms with Crippen LogP contribution in [0.15, 0.2) is 23.1 Å². The number of carboxylic acid groups (broad SMARTS) is 1. The lowest BCUT2D eigenvalue weighted by Crippen LogP contribution is -2.30. The first-order chi connectivity index (χ1) is 9.90. The number of sulfonamides is 1. The number of ether oxygens (including phenoxy) is 2. The lowest BCUT2D eigenvalue weighted by Gasteiger charge is -2.19. The summed E-state index contributed by atoms with van der Waals surface area (Å²) < 4.78 is 36.9. The zero-order chi connectivity index (χ0) is 15.5. The van der Waals surface area contributed by atoms with Gasteiger partial charge in [-0.1, -0.05) is 0 Å². The predicted molar refractivity (Wildman–Crippen MR) is 70.9 cm³/mol. The van der Waals surface area contributed by atoms with E-state index in [2.05, 4.69) is 4.72 Å². The number of nitrogens with one attached hydrogen (secondary N) is 1. The van der Waals surface area contributed by atoms with E-state index >= 15 is 0 Å². The molecule has 8 nitrogen and oxygen atoms in total. The minimum absolute atomic E-state index is 0.0171. The molecule has 0 bridgehead atoms. The summed E-state index contributed by atoms with van der Waals surface area (Å²) in [5.74, 6) is -0.579. The van der Waals surface area contributed by atoms with Crippen molar-refractivity contribution in [1.82, 2.24) is 4.72 Å². The van der Waals surface area contributed by atoms with Gasteiger partial charge in [0.05, 0.1) is 4.90 Å². The Balaban J connectivity index is 2.04. The van der Waals surface area contributed by atoms with Crippen molar-refractivity contribution >= 4 is 16.0 Å². The number of benzene rings is 1. The fourth-order valence-electron chi connectivity index (χ4n) is 1.73. The molecule has 9 heteroatoms. The Labute approximate surface area is 121 Å². The molecule has 2 rings (SSSR count). The second kappa shape index (κ2) is 6.29.